The van der Waals surface area contributed by atoms with Gasteiger partial charge in [-0.1, -0.05) is 12.1 Å². The second-order valence-corrected chi connectivity index (χ2v) is 12.7. The zero-order valence-corrected chi connectivity index (χ0v) is 26.5. The first-order valence-corrected chi connectivity index (χ1v) is 14.4. The highest BCUT2D eigenvalue weighted by molar-refractivity contribution is 5.97. The molecule has 1 amide bonds. The van der Waals surface area contributed by atoms with Gasteiger partial charge in [0.2, 0.25) is 0 Å². The smallest absolute Gasteiger partial charge is 0.419 e. The van der Waals surface area contributed by atoms with Crippen molar-refractivity contribution in [3.63, 3.8) is 0 Å². The van der Waals surface area contributed by atoms with E-state index in [0.717, 1.165) is 11.1 Å². The average Bonchev–Trinajstić information content (AvgIpc) is 3.39. The maximum atomic E-state index is 13.1. The van der Waals surface area contributed by atoms with Crippen LogP contribution in [-0.4, -0.2) is 72.2 Å². The van der Waals surface area contributed by atoms with E-state index >= 15 is 0 Å². The average molecular weight is 595 g/mol. The van der Waals surface area contributed by atoms with Gasteiger partial charge in [0, 0.05) is 37.0 Å². The van der Waals surface area contributed by atoms with Crippen molar-refractivity contribution >= 4 is 29.1 Å². The molecule has 10 heteroatoms. The lowest BCUT2D eigenvalue weighted by atomic mass is 9.87. The lowest BCUT2D eigenvalue weighted by Gasteiger charge is -2.39. The molecule has 0 unspecified atom stereocenters. The first-order valence-electron chi connectivity index (χ1n) is 14.4. The number of methoxy groups -OCH3 is 2. The Hall–Kier alpha value is -4.21. The number of aryl methyl sites for hydroxylation is 1. The molecule has 0 N–H and O–H groups in total. The maximum Gasteiger partial charge on any atom is 0.419 e. The monoisotopic (exact) mass is 594 g/mol. The fourth-order valence-corrected chi connectivity index (χ4v) is 5.24. The molecule has 2 aromatic carbocycles. The van der Waals surface area contributed by atoms with Gasteiger partial charge >= 0.3 is 18.2 Å². The maximum absolute atomic E-state index is 13.1. The number of ether oxygens (including phenoxy) is 5. The summed E-state index contributed by atoms with van der Waals surface area (Å²) in [4.78, 5) is 39.9. The molecule has 1 aliphatic heterocycles. The van der Waals surface area contributed by atoms with Crippen LogP contribution in [0.4, 0.5) is 9.59 Å². The minimum absolute atomic E-state index is 0.262. The van der Waals surface area contributed by atoms with E-state index in [-0.39, 0.29) is 12.0 Å². The third-order valence-corrected chi connectivity index (χ3v) is 7.12. The predicted octanol–water partition coefficient (Wildman–Crippen LogP) is 6.70. The molecule has 1 saturated heterocycles. The molecule has 1 fully saturated rings. The molecule has 2 atom stereocenters. The highest BCUT2D eigenvalue weighted by atomic mass is 16.6. The van der Waals surface area contributed by atoms with Crippen molar-refractivity contribution < 1.29 is 38.1 Å². The van der Waals surface area contributed by atoms with Gasteiger partial charge in [-0.25, -0.2) is 14.4 Å². The molecule has 0 aliphatic carbocycles. The van der Waals surface area contributed by atoms with Crippen LogP contribution >= 0.6 is 0 Å². The van der Waals surface area contributed by atoms with Crippen LogP contribution < -0.4 is 9.47 Å². The number of nitrogens with zero attached hydrogens (tertiary/aromatic N) is 2. The third-order valence-electron chi connectivity index (χ3n) is 7.12. The van der Waals surface area contributed by atoms with Crippen molar-refractivity contribution in [2.75, 3.05) is 27.3 Å². The Kier molecular flexibility index (Phi) is 8.99. The van der Waals surface area contributed by atoms with Gasteiger partial charge in [-0.3, -0.25) is 4.57 Å². The summed E-state index contributed by atoms with van der Waals surface area (Å²) < 4.78 is 30.2. The fourth-order valence-electron chi connectivity index (χ4n) is 5.24. The number of benzene rings is 2. The molecule has 3 aromatic rings. The predicted molar refractivity (Wildman–Crippen MR) is 162 cm³/mol. The summed E-state index contributed by atoms with van der Waals surface area (Å²) in [6.07, 6.45) is 0.926. The van der Waals surface area contributed by atoms with Gasteiger partial charge in [-0.05, 0) is 83.9 Å². The second-order valence-electron chi connectivity index (χ2n) is 12.7. The number of fused-ring (bicyclic) bond motifs is 1. The lowest BCUT2D eigenvalue weighted by molar-refractivity contribution is 0.00757. The molecule has 2 heterocycles. The van der Waals surface area contributed by atoms with Gasteiger partial charge in [-0.15, -0.1) is 0 Å². The molecule has 4 rings (SSSR count). The van der Waals surface area contributed by atoms with Crippen molar-refractivity contribution in [1.82, 2.24) is 9.47 Å². The number of hydrogen-bond acceptors (Lipinski definition) is 8. The highest BCUT2D eigenvalue weighted by Crippen LogP contribution is 2.42. The van der Waals surface area contributed by atoms with Gasteiger partial charge in [0.15, 0.2) is 11.5 Å². The van der Waals surface area contributed by atoms with Crippen molar-refractivity contribution in [2.45, 2.75) is 78.1 Å². The Labute approximate surface area is 252 Å². The van der Waals surface area contributed by atoms with Crippen LogP contribution in [0.1, 0.15) is 75.4 Å². The minimum atomic E-state index is -0.661. The van der Waals surface area contributed by atoms with Crippen molar-refractivity contribution in [1.29, 1.82) is 0 Å². The highest BCUT2D eigenvalue weighted by Gasteiger charge is 2.37. The summed E-state index contributed by atoms with van der Waals surface area (Å²) in [5, 5.41) is 0.706. The van der Waals surface area contributed by atoms with Gasteiger partial charge in [-0.2, -0.15) is 0 Å². The molecular formula is C33H42N2O8. The SMILES string of the molecule is COC(=O)c1ccc([C@@H]2CN(C(=O)OC(C)(C)C)CC[C@H]2Oc2c(OC)cc(C)c3c2ccn3C(=O)OC(C)(C)C)cc1. The number of hydrogen-bond donors (Lipinski definition) is 0. The van der Waals surface area contributed by atoms with Crippen LogP contribution in [0.25, 0.3) is 10.9 Å². The molecule has 43 heavy (non-hydrogen) atoms. The molecule has 0 bridgehead atoms. The largest absolute Gasteiger partial charge is 0.493 e. The van der Waals surface area contributed by atoms with E-state index in [1.807, 2.05) is 72.7 Å². The van der Waals surface area contributed by atoms with E-state index < -0.39 is 29.4 Å². The summed E-state index contributed by atoms with van der Waals surface area (Å²) in [6.45, 7) is 13.6. The normalized spacial score (nSPS) is 17.4. The number of carbonyl (C=O) groups is 3. The number of esters is 1. The van der Waals surface area contributed by atoms with Gasteiger partial charge in [0.05, 0.1) is 25.3 Å². The summed E-state index contributed by atoms with van der Waals surface area (Å²) in [6, 6.07) is 10.8. The van der Waals surface area contributed by atoms with Gasteiger partial charge in [0.1, 0.15) is 17.3 Å². The first-order chi connectivity index (χ1) is 20.1. The summed E-state index contributed by atoms with van der Waals surface area (Å²) in [5.74, 6) is 0.334. The molecule has 1 aromatic heterocycles. The lowest BCUT2D eigenvalue weighted by Crippen LogP contribution is -2.48. The van der Waals surface area contributed by atoms with E-state index in [9.17, 15) is 14.4 Å². The molecular weight excluding hydrogens is 552 g/mol. The van der Waals surface area contributed by atoms with Crippen LogP contribution in [0.15, 0.2) is 42.6 Å². The number of aromatic nitrogens is 1. The van der Waals surface area contributed by atoms with Gasteiger partial charge in [0.25, 0.3) is 0 Å². The summed E-state index contributed by atoms with van der Waals surface area (Å²) >= 11 is 0. The molecule has 0 radical (unpaired) electrons. The van der Waals surface area contributed by atoms with E-state index in [4.69, 9.17) is 23.7 Å². The zero-order valence-electron chi connectivity index (χ0n) is 26.5. The third kappa shape index (κ3) is 7.24. The topological polar surface area (TPSA) is 106 Å². The number of likely N-dealkylation sites (tertiary alicyclic amines) is 1. The zero-order chi connectivity index (χ0) is 31.7. The van der Waals surface area contributed by atoms with E-state index in [2.05, 4.69) is 0 Å². The molecule has 232 valence electrons. The molecule has 0 saturated carbocycles. The van der Waals surface area contributed by atoms with Crippen molar-refractivity contribution in [2.24, 2.45) is 0 Å². The molecule has 10 nitrogen and oxygen atoms in total. The Balaban J connectivity index is 1.73. The molecule has 0 spiro atoms. The Morgan fingerprint density at radius 2 is 1.51 bits per heavy atom. The van der Waals surface area contributed by atoms with Crippen molar-refractivity contribution in [3.05, 3.63) is 59.3 Å². The Morgan fingerprint density at radius 1 is 0.884 bits per heavy atom. The Bertz CT molecular complexity index is 1490. The van der Waals surface area contributed by atoms with Crippen LogP contribution in [-0.2, 0) is 14.2 Å². The van der Waals surface area contributed by atoms with E-state index in [1.165, 1.54) is 11.7 Å². The number of rotatable bonds is 5. The minimum Gasteiger partial charge on any atom is -0.493 e. The Morgan fingerprint density at radius 3 is 2.09 bits per heavy atom. The number of piperidine rings is 1. The fraction of sp³-hybridized carbons (Fsp3) is 0.485. The number of amides is 1. The van der Waals surface area contributed by atoms with E-state index in [0.29, 0.717) is 47.5 Å². The number of carbonyl (C=O) groups excluding carboxylic acids is 3. The summed E-state index contributed by atoms with van der Waals surface area (Å²) in [7, 11) is 2.91. The van der Waals surface area contributed by atoms with E-state index in [1.54, 1.807) is 30.3 Å². The molecule has 1 aliphatic rings. The van der Waals surface area contributed by atoms with Crippen molar-refractivity contribution in [3.8, 4) is 11.5 Å². The van der Waals surface area contributed by atoms with Crippen LogP contribution in [0.5, 0.6) is 11.5 Å². The van der Waals surface area contributed by atoms with Gasteiger partial charge < -0.3 is 28.6 Å². The van der Waals surface area contributed by atoms with Crippen LogP contribution in [0, 0.1) is 6.92 Å². The second kappa shape index (κ2) is 12.2. The quantitative estimate of drug-likeness (QED) is 0.237. The summed E-state index contributed by atoms with van der Waals surface area (Å²) in [5.41, 5.74) is 1.50. The van der Waals surface area contributed by atoms with Crippen LogP contribution in [0.3, 0.4) is 0 Å². The standard InChI is InChI=1S/C33H42N2O8/c1-20-18-26(39-8)28(23-14-17-35(27(20)23)31(38)43-33(5,6)7)41-25-15-16-34(30(37)42-32(2,3)4)19-24(25)21-10-12-22(13-11-21)29(36)40-9/h10-14,17-18,24-25H,15-16,19H2,1-9H3/t24-,25+/m0/s1. The first kappa shape index (κ1) is 31.7. The van der Waals surface area contributed by atoms with Crippen LogP contribution in [0.2, 0.25) is 0 Å².